The van der Waals surface area contributed by atoms with Crippen LogP contribution in [0.25, 0.3) is 0 Å². The van der Waals surface area contributed by atoms with Crippen LogP contribution >= 0.6 is 11.8 Å². The SMILES string of the molecule is C=C(C)C(=O)OCCCCCCSc1nc(=O)c(C)cn1CC. The predicted molar refractivity (Wildman–Crippen MR) is 93.9 cm³/mol. The lowest BCUT2D eigenvalue weighted by Gasteiger charge is -2.10. The number of hydrogen-bond donors (Lipinski definition) is 0. The third-order valence-corrected chi connectivity index (χ3v) is 4.40. The summed E-state index contributed by atoms with van der Waals surface area (Å²) in [4.78, 5) is 27.0. The molecule has 0 fully saturated rings. The van der Waals surface area contributed by atoms with Crippen molar-refractivity contribution in [3.05, 3.63) is 34.3 Å². The number of nitrogens with zero attached hydrogens (tertiary/aromatic N) is 2. The van der Waals surface area contributed by atoms with Gasteiger partial charge in [0.05, 0.1) is 6.61 Å². The summed E-state index contributed by atoms with van der Waals surface area (Å²) >= 11 is 1.62. The van der Waals surface area contributed by atoms with E-state index in [2.05, 4.69) is 11.6 Å². The van der Waals surface area contributed by atoms with Crippen molar-refractivity contribution >= 4 is 17.7 Å². The first-order valence-corrected chi connectivity index (χ1v) is 8.97. The zero-order valence-corrected chi connectivity index (χ0v) is 15.1. The first-order chi connectivity index (χ1) is 11.0. The van der Waals surface area contributed by atoms with Gasteiger partial charge in [-0.1, -0.05) is 31.2 Å². The maximum Gasteiger partial charge on any atom is 0.333 e. The molecule has 1 rings (SSSR count). The molecule has 6 heteroatoms. The van der Waals surface area contributed by atoms with Gasteiger partial charge in [0, 0.05) is 29.6 Å². The van der Waals surface area contributed by atoms with Crippen molar-refractivity contribution in [3.8, 4) is 0 Å². The lowest BCUT2D eigenvalue weighted by molar-refractivity contribution is -0.139. The Morgan fingerprint density at radius 3 is 2.70 bits per heavy atom. The van der Waals surface area contributed by atoms with Gasteiger partial charge < -0.3 is 9.30 Å². The molecule has 0 saturated heterocycles. The van der Waals surface area contributed by atoms with Gasteiger partial charge in [0.2, 0.25) is 0 Å². The van der Waals surface area contributed by atoms with Crippen LogP contribution in [0.15, 0.2) is 28.3 Å². The monoisotopic (exact) mass is 338 g/mol. The molecule has 0 spiro atoms. The van der Waals surface area contributed by atoms with E-state index in [1.807, 2.05) is 17.7 Å². The molecule has 0 radical (unpaired) electrons. The second-order valence-corrected chi connectivity index (χ2v) is 6.54. The Bertz CT molecular complexity index is 596. The number of carbonyl (C=O) groups excluding carboxylic acids is 1. The molecule has 0 aliphatic heterocycles. The fraction of sp³-hybridized carbons (Fsp3) is 0.588. The van der Waals surface area contributed by atoms with Crippen molar-refractivity contribution in [2.75, 3.05) is 12.4 Å². The molecule has 23 heavy (non-hydrogen) atoms. The van der Waals surface area contributed by atoms with Crippen molar-refractivity contribution in [2.45, 2.75) is 58.2 Å². The van der Waals surface area contributed by atoms with Gasteiger partial charge in [-0.2, -0.15) is 4.98 Å². The fourth-order valence-corrected chi connectivity index (χ4v) is 2.96. The Morgan fingerprint density at radius 2 is 2.04 bits per heavy atom. The first-order valence-electron chi connectivity index (χ1n) is 7.99. The number of aromatic nitrogens is 2. The minimum atomic E-state index is -0.316. The lowest BCUT2D eigenvalue weighted by atomic mass is 10.2. The van der Waals surface area contributed by atoms with Crippen LogP contribution in [0, 0.1) is 6.92 Å². The maximum absolute atomic E-state index is 11.6. The molecule has 0 amide bonds. The average Bonchev–Trinajstić information content (AvgIpc) is 2.52. The number of ether oxygens (including phenoxy) is 1. The molecule has 1 aromatic rings. The highest BCUT2D eigenvalue weighted by atomic mass is 32.2. The molecule has 0 aromatic carbocycles. The summed E-state index contributed by atoms with van der Waals surface area (Å²) in [7, 11) is 0. The molecule has 1 heterocycles. The summed E-state index contributed by atoms with van der Waals surface area (Å²) in [5.41, 5.74) is 0.978. The molecule has 128 valence electrons. The molecule has 0 aliphatic rings. The minimum absolute atomic E-state index is 0.142. The van der Waals surface area contributed by atoms with Crippen molar-refractivity contribution < 1.29 is 9.53 Å². The number of rotatable bonds is 10. The second kappa shape index (κ2) is 10.3. The summed E-state index contributed by atoms with van der Waals surface area (Å²) in [6, 6.07) is 0. The van der Waals surface area contributed by atoms with Gasteiger partial charge in [0.25, 0.3) is 5.56 Å². The Morgan fingerprint density at radius 1 is 1.35 bits per heavy atom. The topological polar surface area (TPSA) is 61.2 Å². The van der Waals surface area contributed by atoms with Gasteiger partial charge in [-0.15, -0.1) is 0 Å². The molecule has 1 aromatic heterocycles. The standard InChI is InChI=1S/C17H26N2O3S/c1-5-19-12-14(4)15(20)18-17(19)23-11-9-7-6-8-10-22-16(21)13(2)3/h12H,2,5-11H2,1,3-4H3. The van der Waals surface area contributed by atoms with Crippen LogP contribution in [0.5, 0.6) is 0 Å². The lowest BCUT2D eigenvalue weighted by Crippen LogP contribution is -2.16. The van der Waals surface area contributed by atoms with E-state index in [1.165, 1.54) is 0 Å². The number of thioether (sulfide) groups is 1. The van der Waals surface area contributed by atoms with E-state index in [9.17, 15) is 9.59 Å². The number of hydrogen-bond acceptors (Lipinski definition) is 5. The Labute approximate surface area is 142 Å². The summed E-state index contributed by atoms with van der Waals surface area (Å²) in [6.45, 7) is 10.3. The fourth-order valence-electron chi connectivity index (χ4n) is 1.93. The molecule has 0 unspecified atom stereocenters. The van der Waals surface area contributed by atoms with Crippen molar-refractivity contribution in [1.29, 1.82) is 0 Å². The smallest absolute Gasteiger partial charge is 0.333 e. The molecular weight excluding hydrogens is 312 g/mol. The molecular formula is C17H26N2O3S. The van der Waals surface area contributed by atoms with E-state index in [0.29, 0.717) is 17.7 Å². The number of aryl methyl sites for hydroxylation is 2. The van der Waals surface area contributed by atoms with Crippen molar-refractivity contribution in [1.82, 2.24) is 9.55 Å². The summed E-state index contributed by atoms with van der Waals surface area (Å²) in [5.74, 6) is 0.615. The minimum Gasteiger partial charge on any atom is -0.462 e. The first kappa shape index (κ1) is 19.5. The zero-order chi connectivity index (χ0) is 17.2. The summed E-state index contributed by atoms with van der Waals surface area (Å²) in [6.07, 6.45) is 5.87. The van der Waals surface area contributed by atoms with Crippen LogP contribution in [-0.4, -0.2) is 27.9 Å². The van der Waals surface area contributed by atoms with E-state index >= 15 is 0 Å². The Hall–Kier alpha value is -1.56. The summed E-state index contributed by atoms with van der Waals surface area (Å²) < 4.78 is 7.05. The van der Waals surface area contributed by atoms with Crippen LogP contribution in [0.3, 0.4) is 0 Å². The highest BCUT2D eigenvalue weighted by Gasteiger charge is 2.05. The quantitative estimate of drug-likeness (QED) is 0.215. The zero-order valence-electron chi connectivity index (χ0n) is 14.3. The van der Waals surface area contributed by atoms with E-state index in [0.717, 1.165) is 43.1 Å². The van der Waals surface area contributed by atoms with Gasteiger partial charge >= 0.3 is 5.97 Å². The van der Waals surface area contributed by atoms with Crippen molar-refractivity contribution in [3.63, 3.8) is 0 Å². The molecule has 0 N–H and O–H groups in total. The van der Waals surface area contributed by atoms with Crippen molar-refractivity contribution in [2.24, 2.45) is 0 Å². The van der Waals surface area contributed by atoms with Crippen LogP contribution in [0.2, 0.25) is 0 Å². The van der Waals surface area contributed by atoms with Crippen LogP contribution in [-0.2, 0) is 16.1 Å². The van der Waals surface area contributed by atoms with Crippen LogP contribution in [0.4, 0.5) is 0 Å². The normalized spacial score (nSPS) is 10.6. The Kier molecular flexibility index (Phi) is 8.69. The second-order valence-electron chi connectivity index (χ2n) is 5.48. The van der Waals surface area contributed by atoms with Crippen LogP contribution in [0.1, 0.15) is 45.1 Å². The van der Waals surface area contributed by atoms with Gasteiger partial charge in [0.15, 0.2) is 5.16 Å². The van der Waals surface area contributed by atoms with Crippen LogP contribution < -0.4 is 5.56 Å². The van der Waals surface area contributed by atoms with Gasteiger partial charge in [-0.05, 0) is 33.6 Å². The van der Waals surface area contributed by atoms with Gasteiger partial charge in [0.1, 0.15) is 0 Å². The van der Waals surface area contributed by atoms with E-state index in [-0.39, 0.29) is 11.5 Å². The highest BCUT2D eigenvalue weighted by molar-refractivity contribution is 7.99. The third kappa shape index (κ3) is 7.03. The highest BCUT2D eigenvalue weighted by Crippen LogP contribution is 2.17. The third-order valence-electron chi connectivity index (χ3n) is 3.32. The molecule has 0 saturated carbocycles. The van der Waals surface area contributed by atoms with Gasteiger partial charge in [-0.25, -0.2) is 4.79 Å². The molecule has 0 atom stereocenters. The Balaban J connectivity index is 2.21. The number of carbonyl (C=O) groups is 1. The maximum atomic E-state index is 11.6. The molecule has 5 nitrogen and oxygen atoms in total. The average molecular weight is 338 g/mol. The van der Waals surface area contributed by atoms with E-state index in [1.54, 1.807) is 25.6 Å². The number of esters is 1. The molecule has 0 bridgehead atoms. The predicted octanol–water partition coefficient (Wildman–Crippen LogP) is 3.34. The summed E-state index contributed by atoms with van der Waals surface area (Å²) in [5, 5.41) is 0.790. The van der Waals surface area contributed by atoms with Gasteiger partial charge in [-0.3, -0.25) is 4.79 Å². The largest absolute Gasteiger partial charge is 0.462 e. The van der Waals surface area contributed by atoms with E-state index < -0.39 is 0 Å². The van der Waals surface area contributed by atoms with E-state index in [4.69, 9.17) is 4.74 Å². The molecule has 0 aliphatic carbocycles. The number of unbranched alkanes of at least 4 members (excludes halogenated alkanes) is 3.